The number of nitrogens with zero attached hydrogens (tertiary/aromatic N) is 4. The molecule has 2 unspecified atom stereocenters. The van der Waals surface area contributed by atoms with Crippen molar-refractivity contribution >= 4 is 26.6 Å². The molecule has 1 aromatic carbocycles. The van der Waals surface area contributed by atoms with Gasteiger partial charge in [-0.05, 0) is 38.1 Å². The molecule has 0 saturated carbocycles. The minimum atomic E-state index is -3.20. The van der Waals surface area contributed by atoms with Crippen LogP contribution in [0.1, 0.15) is 19.3 Å². The molecule has 28 heavy (non-hydrogen) atoms. The molecule has 3 heterocycles. The minimum absolute atomic E-state index is 0.0632. The Balaban J connectivity index is 1.49. The van der Waals surface area contributed by atoms with E-state index in [-0.39, 0.29) is 24.1 Å². The first-order valence-electron chi connectivity index (χ1n) is 9.49. The molecule has 1 aromatic heterocycles. The number of carbonyl (C=O) groups excluding carboxylic acids is 1. The lowest BCUT2D eigenvalue weighted by Gasteiger charge is -2.35. The molecule has 0 bridgehead atoms. The second-order valence-electron chi connectivity index (χ2n) is 7.48. The molecular formula is C18H23N5O4S. The van der Waals surface area contributed by atoms with Crippen molar-refractivity contribution in [3.8, 4) is 0 Å². The van der Waals surface area contributed by atoms with E-state index in [1.807, 2.05) is 0 Å². The summed E-state index contributed by atoms with van der Waals surface area (Å²) < 4.78 is 25.4. The Kier molecular flexibility index (Phi) is 5.15. The van der Waals surface area contributed by atoms with Gasteiger partial charge in [0.1, 0.15) is 12.1 Å². The predicted molar refractivity (Wildman–Crippen MR) is 104 cm³/mol. The second kappa shape index (κ2) is 7.59. The molecular weight excluding hydrogens is 382 g/mol. The van der Waals surface area contributed by atoms with Crippen LogP contribution in [-0.2, 0) is 21.2 Å². The number of fused-ring (bicyclic) bond motifs is 1. The fourth-order valence-electron chi connectivity index (χ4n) is 4.09. The van der Waals surface area contributed by atoms with Crippen molar-refractivity contribution in [3.63, 3.8) is 0 Å². The van der Waals surface area contributed by atoms with Gasteiger partial charge >= 0.3 is 0 Å². The standard InChI is InChI=1S/C18H23N5O4S/c24-17(10-23-18(25)13-6-2-3-7-14(13)20-21-23)19-15-11-28(26,27)12-16(15)22-8-4-1-5-9-22/h2-3,6-7,15-16H,1,4-5,8-12H2,(H,19,24). The average Bonchev–Trinajstić information content (AvgIpc) is 2.99. The highest BCUT2D eigenvalue weighted by Crippen LogP contribution is 2.22. The monoisotopic (exact) mass is 405 g/mol. The van der Waals surface area contributed by atoms with Crippen molar-refractivity contribution in [1.29, 1.82) is 0 Å². The summed E-state index contributed by atoms with van der Waals surface area (Å²) in [5.74, 6) is -0.443. The van der Waals surface area contributed by atoms with Gasteiger partial charge < -0.3 is 5.32 Å². The number of aromatic nitrogens is 3. The third kappa shape index (κ3) is 3.93. The molecule has 2 saturated heterocycles. The molecule has 2 aliphatic heterocycles. The van der Waals surface area contributed by atoms with Gasteiger partial charge in [0.05, 0.1) is 22.9 Å². The molecule has 2 aromatic rings. The zero-order chi connectivity index (χ0) is 19.7. The zero-order valence-electron chi connectivity index (χ0n) is 15.5. The van der Waals surface area contributed by atoms with Gasteiger partial charge in [0.25, 0.3) is 5.56 Å². The number of likely N-dealkylation sites (tertiary alicyclic amines) is 1. The van der Waals surface area contributed by atoms with E-state index in [0.717, 1.165) is 37.0 Å². The van der Waals surface area contributed by atoms with E-state index in [1.54, 1.807) is 24.3 Å². The number of amides is 1. The Labute approximate surface area is 162 Å². The highest BCUT2D eigenvalue weighted by molar-refractivity contribution is 7.91. The molecule has 0 radical (unpaired) electrons. The van der Waals surface area contributed by atoms with E-state index in [2.05, 4.69) is 20.5 Å². The van der Waals surface area contributed by atoms with E-state index in [9.17, 15) is 18.0 Å². The number of piperidine rings is 1. The number of sulfone groups is 1. The lowest BCUT2D eigenvalue weighted by molar-refractivity contribution is -0.122. The molecule has 0 spiro atoms. The van der Waals surface area contributed by atoms with E-state index < -0.39 is 27.3 Å². The third-order valence-electron chi connectivity index (χ3n) is 5.45. The summed E-state index contributed by atoms with van der Waals surface area (Å²) in [6.07, 6.45) is 3.23. The first kappa shape index (κ1) is 19.0. The van der Waals surface area contributed by atoms with Crippen molar-refractivity contribution in [3.05, 3.63) is 34.6 Å². The topological polar surface area (TPSA) is 114 Å². The van der Waals surface area contributed by atoms with E-state index in [1.165, 1.54) is 0 Å². The average molecular weight is 405 g/mol. The molecule has 1 amide bonds. The van der Waals surface area contributed by atoms with Crippen molar-refractivity contribution < 1.29 is 13.2 Å². The number of benzene rings is 1. The summed E-state index contributed by atoms with van der Waals surface area (Å²) in [5.41, 5.74) is 0.0728. The van der Waals surface area contributed by atoms with Crippen LogP contribution in [0.2, 0.25) is 0 Å². The fourth-order valence-corrected chi connectivity index (χ4v) is 6.04. The highest BCUT2D eigenvalue weighted by Gasteiger charge is 2.41. The number of rotatable bonds is 4. The quantitative estimate of drug-likeness (QED) is 0.733. The minimum Gasteiger partial charge on any atom is -0.349 e. The zero-order valence-corrected chi connectivity index (χ0v) is 16.3. The number of carbonyl (C=O) groups is 1. The van der Waals surface area contributed by atoms with Crippen molar-refractivity contribution in [1.82, 2.24) is 25.2 Å². The highest BCUT2D eigenvalue weighted by atomic mass is 32.2. The maximum atomic E-state index is 12.5. The van der Waals surface area contributed by atoms with Crippen LogP contribution in [0.15, 0.2) is 29.1 Å². The van der Waals surface area contributed by atoms with Crippen LogP contribution in [-0.4, -0.2) is 70.9 Å². The summed E-state index contributed by atoms with van der Waals surface area (Å²) in [6, 6.07) is 6.11. The van der Waals surface area contributed by atoms with Crippen LogP contribution in [0.5, 0.6) is 0 Å². The van der Waals surface area contributed by atoms with Gasteiger partial charge in [0, 0.05) is 6.04 Å². The van der Waals surface area contributed by atoms with Crippen LogP contribution < -0.4 is 10.9 Å². The van der Waals surface area contributed by atoms with Crippen molar-refractivity contribution in [2.75, 3.05) is 24.6 Å². The molecule has 2 aliphatic rings. The molecule has 4 rings (SSSR count). The lowest BCUT2D eigenvalue weighted by Crippen LogP contribution is -2.53. The number of nitrogens with one attached hydrogen (secondary N) is 1. The van der Waals surface area contributed by atoms with Gasteiger partial charge in [-0.15, -0.1) is 5.10 Å². The Bertz CT molecular complexity index is 1050. The van der Waals surface area contributed by atoms with Crippen molar-refractivity contribution in [2.45, 2.75) is 37.9 Å². The van der Waals surface area contributed by atoms with Crippen LogP contribution in [0.4, 0.5) is 0 Å². The molecule has 2 atom stereocenters. The first-order chi connectivity index (χ1) is 13.4. The first-order valence-corrected chi connectivity index (χ1v) is 11.3. The lowest BCUT2D eigenvalue weighted by atomic mass is 10.0. The molecule has 150 valence electrons. The third-order valence-corrected chi connectivity index (χ3v) is 7.17. The van der Waals surface area contributed by atoms with E-state index >= 15 is 0 Å². The van der Waals surface area contributed by atoms with E-state index in [0.29, 0.717) is 10.9 Å². The predicted octanol–water partition coefficient (Wildman–Crippen LogP) is -0.441. The number of hydrogen-bond donors (Lipinski definition) is 1. The number of hydrogen-bond acceptors (Lipinski definition) is 7. The van der Waals surface area contributed by atoms with Crippen LogP contribution in [0, 0.1) is 0 Å². The van der Waals surface area contributed by atoms with Gasteiger partial charge in [-0.25, -0.2) is 13.1 Å². The Hall–Kier alpha value is -2.33. The summed E-state index contributed by atoms with van der Waals surface area (Å²) >= 11 is 0. The maximum absolute atomic E-state index is 12.5. The fraction of sp³-hybridized carbons (Fsp3) is 0.556. The SMILES string of the molecule is O=C(Cn1nnc2ccccc2c1=O)NC1CS(=O)(=O)CC1N1CCCCC1. The van der Waals surface area contributed by atoms with Crippen LogP contribution in [0.25, 0.3) is 10.9 Å². The van der Waals surface area contributed by atoms with Gasteiger partial charge in [-0.2, -0.15) is 0 Å². The smallest absolute Gasteiger partial charge is 0.278 e. The molecule has 1 N–H and O–H groups in total. The van der Waals surface area contributed by atoms with Gasteiger partial charge in [0.2, 0.25) is 5.91 Å². The largest absolute Gasteiger partial charge is 0.349 e. The maximum Gasteiger partial charge on any atom is 0.278 e. The van der Waals surface area contributed by atoms with Gasteiger partial charge in [-0.1, -0.05) is 23.8 Å². The molecule has 0 aliphatic carbocycles. The summed E-state index contributed by atoms with van der Waals surface area (Å²) in [6.45, 7) is 1.41. The normalized spacial score (nSPS) is 25.0. The summed E-state index contributed by atoms with van der Waals surface area (Å²) in [7, 11) is -3.20. The van der Waals surface area contributed by atoms with Crippen molar-refractivity contribution in [2.24, 2.45) is 0 Å². The molecule has 2 fully saturated rings. The van der Waals surface area contributed by atoms with Gasteiger partial charge in [-0.3, -0.25) is 14.5 Å². The summed E-state index contributed by atoms with van der Waals surface area (Å²) in [4.78, 5) is 27.2. The Morgan fingerprint density at radius 1 is 1.14 bits per heavy atom. The molecule has 9 nitrogen and oxygen atoms in total. The van der Waals surface area contributed by atoms with Gasteiger partial charge in [0.15, 0.2) is 9.84 Å². The van der Waals surface area contributed by atoms with Crippen LogP contribution in [0.3, 0.4) is 0 Å². The Morgan fingerprint density at radius 3 is 2.68 bits per heavy atom. The molecule has 10 heteroatoms. The van der Waals surface area contributed by atoms with Crippen LogP contribution >= 0.6 is 0 Å². The Morgan fingerprint density at radius 2 is 1.89 bits per heavy atom. The van der Waals surface area contributed by atoms with E-state index in [4.69, 9.17) is 0 Å². The second-order valence-corrected chi connectivity index (χ2v) is 9.64. The summed E-state index contributed by atoms with van der Waals surface area (Å²) in [5, 5.41) is 11.0.